The molecule has 0 bridgehead atoms. The number of amides is 1. The highest BCUT2D eigenvalue weighted by molar-refractivity contribution is 14.1. The lowest BCUT2D eigenvalue weighted by Gasteiger charge is -2.18. The van der Waals surface area contributed by atoms with Crippen LogP contribution in [0.2, 0.25) is 0 Å². The van der Waals surface area contributed by atoms with Crippen molar-refractivity contribution in [2.75, 3.05) is 18.1 Å². The van der Waals surface area contributed by atoms with E-state index in [4.69, 9.17) is 5.11 Å². The van der Waals surface area contributed by atoms with Crippen molar-refractivity contribution in [1.29, 1.82) is 0 Å². The van der Waals surface area contributed by atoms with E-state index < -0.39 is 0 Å². The minimum absolute atomic E-state index is 0.00582. The number of carbonyl (C=O) groups is 1. The fourth-order valence-electron chi connectivity index (χ4n) is 1.83. The van der Waals surface area contributed by atoms with Crippen molar-refractivity contribution in [2.45, 2.75) is 6.42 Å². The van der Waals surface area contributed by atoms with Crippen LogP contribution in [0.15, 0.2) is 18.2 Å². The third-order valence-corrected chi connectivity index (χ3v) is 3.57. The summed E-state index contributed by atoms with van der Waals surface area (Å²) in [5.74, 6) is -0.440. The standard InChI is InChI=1S/C11H11FINO2/c12-8-1-2-9(13)10(4-8)14-5-7(6-15)3-11(14)16/h1-2,4,7,15H,3,5-6H2. The monoisotopic (exact) mass is 335 g/mol. The Labute approximate surface area is 106 Å². The molecule has 1 aliphatic heterocycles. The SMILES string of the molecule is O=C1CC(CO)CN1c1cc(F)ccc1I. The topological polar surface area (TPSA) is 40.5 Å². The van der Waals surface area contributed by atoms with E-state index in [1.807, 2.05) is 0 Å². The molecule has 0 spiro atoms. The summed E-state index contributed by atoms with van der Waals surface area (Å²) in [7, 11) is 0. The molecular weight excluding hydrogens is 324 g/mol. The number of anilines is 1. The second kappa shape index (κ2) is 4.67. The van der Waals surface area contributed by atoms with Gasteiger partial charge in [-0.3, -0.25) is 4.79 Å². The number of halogens is 2. The highest BCUT2D eigenvalue weighted by atomic mass is 127. The van der Waals surface area contributed by atoms with Gasteiger partial charge >= 0.3 is 0 Å². The first-order valence-corrected chi connectivity index (χ1v) is 6.06. The summed E-state index contributed by atoms with van der Waals surface area (Å²) < 4.78 is 14.0. The van der Waals surface area contributed by atoms with Crippen molar-refractivity contribution >= 4 is 34.2 Å². The quantitative estimate of drug-likeness (QED) is 0.837. The van der Waals surface area contributed by atoms with Crippen LogP contribution in [-0.4, -0.2) is 24.2 Å². The average Bonchev–Trinajstić information content (AvgIpc) is 2.63. The van der Waals surface area contributed by atoms with Crippen molar-refractivity contribution in [1.82, 2.24) is 0 Å². The predicted octanol–water partition coefficient (Wildman–Crippen LogP) is 1.78. The largest absolute Gasteiger partial charge is 0.396 e. The lowest BCUT2D eigenvalue weighted by molar-refractivity contribution is -0.117. The summed E-state index contributed by atoms with van der Waals surface area (Å²) in [4.78, 5) is 13.2. The maximum atomic E-state index is 13.1. The first-order valence-electron chi connectivity index (χ1n) is 4.98. The van der Waals surface area contributed by atoms with Gasteiger partial charge in [0.05, 0.1) is 5.69 Å². The second-order valence-electron chi connectivity index (χ2n) is 3.85. The second-order valence-corrected chi connectivity index (χ2v) is 5.01. The van der Waals surface area contributed by atoms with Crippen LogP contribution in [0.4, 0.5) is 10.1 Å². The number of benzene rings is 1. The molecule has 1 N–H and O–H groups in total. The van der Waals surface area contributed by atoms with Gasteiger partial charge in [-0.25, -0.2) is 4.39 Å². The van der Waals surface area contributed by atoms with Crippen molar-refractivity contribution in [3.8, 4) is 0 Å². The first kappa shape index (κ1) is 11.8. The van der Waals surface area contributed by atoms with Crippen LogP contribution in [0.5, 0.6) is 0 Å². The molecule has 1 amide bonds. The highest BCUT2D eigenvalue weighted by Gasteiger charge is 2.31. The summed E-state index contributed by atoms with van der Waals surface area (Å²) >= 11 is 2.07. The van der Waals surface area contributed by atoms with Crippen molar-refractivity contribution in [3.63, 3.8) is 0 Å². The van der Waals surface area contributed by atoms with Crippen LogP contribution >= 0.6 is 22.6 Å². The summed E-state index contributed by atoms with van der Waals surface area (Å²) in [6.45, 7) is 0.461. The van der Waals surface area contributed by atoms with E-state index in [0.717, 1.165) is 3.57 Å². The highest BCUT2D eigenvalue weighted by Crippen LogP contribution is 2.29. The van der Waals surface area contributed by atoms with Crippen molar-refractivity contribution in [3.05, 3.63) is 27.6 Å². The van der Waals surface area contributed by atoms with Crippen LogP contribution in [0, 0.1) is 15.3 Å². The van der Waals surface area contributed by atoms with Gasteiger partial charge in [0, 0.05) is 29.1 Å². The van der Waals surface area contributed by atoms with Crippen LogP contribution in [0.25, 0.3) is 0 Å². The lowest BCUT2D eigenvalue weighted by atomic mass is 10.1. The molecule has 1 unspecified atom stereocenters. The van der Waals surface area contributed by atoms with Crippen LogP contribution in [0.1, 0.15) is 6.42 Å². The van der Waals surface area contributed by atoms with Gasteiger partial charge in [-0.15, -0.1) is 0 Å². The van der Waals surface area contributed by atoms with E-state index in [2.05, 4.69) is 22.6 Å². The zero-order chi connectivity index (χ0) is 11.7. The van der Waals surface area contributed by atoms with Gasteiger partial charge in [0.1, 0.15) is 5.82 Å². The Kier molecular flexibility index (Phi) is 3.44. The van der Waals surface area contributed by atoms with Crippen LogP contribution in [0.3, 0.4) is 0 Å². The van der Waals surface area contributed by atoms with Gasteiger partial charge in [0.25, 0.3) is 0 Å². The molecule has 2 rings (SSSR count). The van der Waals surface area contributed by atoms with Gasteiger partial charge in [-0.1, -0.05) is 0 Å². The van der Waals surface area contributed by atoms with E-state index in [1.54, 1.807) is 11.0 Å². The number of hydrogen-bond donors (Lipinski definition) is 1. The molecule has 1 aromatic rings. The number of nitrogens with zero attached hydrogens (tertiary/aromatic N) is 1. The number of aliphatic hydroxyl groups is 1. The number of carbonyl (C=O) groups excluding carboxylic acids is 1. The molecule has 1 fully saturated rings. The Morgan fingerprint density at radius 3 is 2.94 bits per heavy atom. The molecule has 1 saturated heterocycles. The van der Waals surface area contributed by atoms with Crippen LogP contribution < -0.4 is 4.90 Å². The normalized spacial score (nSPS) is 20.6. The van der Waals surface area contributed by atoms with Gasteiger partial charge in [0.2, 0.25) is 5.91 Å². The zero-order valence-corrected chi connectivity index (χ0v) is 10.6. The Morgan fingerprint density at radius 1 is 1.56 bits per heavy atom. The summed E-state index contributed by atoms with van der Waals surface area (Å²) in [5, 5.41) is 9.02. The predicted molar refractivity (Wildman–Crippen MR) is 66.7 cm³/mol. The number of aliphatic hydroxyl groups excluding tert-OH is 1. The van der Waals surface area contributed by atoms with E-state index in [0.29, 0.717) is 18.7 Å². The first-order chi connectivity index (χ1) is 7.61. The molecule has 16 heavy (non-hydrogen) atoms. The lowest BCUT2D eigenvalue weighted by Crippen LogP contribution is -2.25. The molecule has 86 valence electrons. The Bertz CT molecular complexity index is 424. The molecular formula is C11H11FINO2. The molecule has 0 saturated carbocycles. The smallest absolute Gasteiger partial charge is 0.227 e. The zero-order valence-electron chi connectivity index (χ0n) is 8.49. The maximum absolute atomic E-state index is 13.1. The van der Waals surface area contributed by atoms with Crippen molar-refractivity contribution < 1.29 is 14.3 Å². The fourth-order valence-corrected chi connectivity index (χ4v) is 2.46. The van der Waals surface area contributed by atoms with E-state index in [1.165, 1.54) is 12.1 Å². The van der Waals surface area contributed by atoms with Crippen molar-refractivity contribution in [2.24, 2.45) is 5.92 Å². The summed E-state index contributed by atoms with van der Waals surface area (Å²) in [6, 6.07) is 4.37. The van der Waals surface area contributed by atoms with Gasteiger partial charge in [-0.2, -0.15) is 0 Å². The molecule has 3 nitrogen and oxygen atoms in total. The summed E-state index contributed by atoms with van der Waals surface area (Å²) in [6.07, 6.45) is 0.336. The van der Waals surface area contributed by atoms with Gasteiger partial charge < -0.3 is 10.0 Å². The molecule has 1 aromatic carbocycles. The minimum atomic E-state index is -0.351. The molecule has 0 aromatic heterocycles. The molecule has 0 aliphatic carbocycles. The fraction of sp³-hybridized carbons (Fsp3) is 0.364. The number of hydrogen-bond acceptors (Lipinski definition) is 2. The summed E-state index contributed by atoms with van der Waals surface area (Å²) in [5.41, 5.74) is 0.599. The van der Waals surface area contributed by atoms with Gasteiger partial charge in [-0.05, 0) is 40.8 Å². The van der Waals surface area contributed by atoms with E-state index in [-0.39, 0.29) is 24.2 Å². The maximum Gasteiger partial charge on any atom is 0.227 e. The Hall–Kier alpha value is -0.690. The third kappa shape index (κ3) is 2.20. The molecule has 1 aliphatic rings. The Morgan fingerprint density at radius 2 is 2.31 bits per heavy atom. The van der Waals surface area contributed by atoms with E-state index >= 15 is 0 Å². The molecule has 5 heteroatoms. The van der Waals surface area contributed by atoms with Crippen LogP contribution in [-0.2, 0) is 4.79 Å². The molecule has 1 heterocycles. The minimum Gasteiger partial charge on any atom is -0.396 e. The molecule has 0 radical (unpaired) electrons. The third-order valence-electron chi connectivity index (χ3n) is 2.66. The van der Waals surface area contributed by atoms with Gasteiger partial charge in [0.15, 0.2) is 0 Å². The van der Waals surface area contributed by atoms with E-state index in [9.17, 15) is 9.18 Å². The Balaban J connectivity index is 2.30. The average molecular weight is 335 g/mol. The number of rotatable bonds is 2. The molecule has 1 atom stereocenters.